The second kappa shape index (κ2) is 8.57. The number of hydrogen-bond acceptors (Lipinski definition) is 9. The smallest absolute Gasteiger partial charge is 0.278 e. The molecule has 1 spiro atoms. The predicted molar refractivity (Wildman–Crippen MR) is 109 cm³/mol. The number of aliphatic hydroxyl groups excluding tert-OH is 4. The van der Waals surface area contributed by atoms with Crippen molar-refractivity contribution in [1.29, 1.82) is 0 Å². The lowest BCUT2D eigenvalue weighted by Gasteiger charge is -2.32. The molecule has 5 N–H and O–H groups in total. The van der Waals surface area contributed by atoms with E-state index in [1.165, 1.54) is 32.1 Å². The zero-order valence-electron chi connectivity index (χ0n) is 17.7. The first-order chi connectivity index (χ1) is 15.0. The highest BCUT2D eigenvalue weighted by atomic mass is 16.6. The Morgan fingerprint density at radius 1 is 1.19 bits per heavy atom. The van der Waals surface area contributed by atoms with E-state index in [0.717, 1.165) is 13.2 Å². The number of ether oxygens (including phenoxy) is 2. The molecule has 6 atom stereocenters. The summed E-state index contributed by atoms with van der Waals surface area (Å²) in [5.41, 5.74) is -5.01. The molecule has 1 aromatic rings. The fourth-order valence-electron chi connectivity index (χ4n) is 3.81. The number of Topliss-reactive ketones (excluding diaryl/α,β-unsaturated/α-hetero) is 2. The number of amides is 1. The van der Waals surface area contributed by atoms with E-state index in [0.29, 0.717) is 0 Å². The highest BCUT2D eigenvalue weighted by molar-refractivity contribution is 6.23. The Morgan fingerprint density at radius 3 is 2.38 bits per heavy atom. The lowest BCUT2D eigenvalue weighted by Crippen LogP contribution is -2.60. The molecule has 2 aliphatic rings. The molecule has 1 fully saturated rings. The number of ketones is 2. The second-order valence-electron chi connectivity index (χ2n) is 7.71. The van der Waals surface area contributed by atoms with E-state index < -0.39 is 59.0 Å². The van der Waals surface area contributed by atoms with Crippen molar-refractivity contribution >= 4 is 17.5 Å². The van der Waals surface area contributed by atoms with Gasteiger partial charge in [0.05, 0.1) is 6.10 Å². The summed E-state index contributed by atoms with van der Waals surface area (Å²) >= 11 is 0. The molecule has 172 valence electrons. The van der Waals surface area contributed by atoms with Crippen LogP contribution in [0.5, 0.6) is 0 Å². The number of nitrogens with one attached hydrogen (secondary N) is 1. The highest BCUT2D eigenvalue weighted by Gasteiger charge is 2.74. The Bertz CT molecular complexity index is 986. The van der Waals surface area contributed by atoms with Crippen LogP contribution in [0.25, 0.3) is 0 Å². The molecule has 0 bridgehead atoms. The Hall–Kier alpha value is -2.89. The third-order valence-electron chi connectivity index (χ3n) is 5.60. The Kier molecular flexibility index (Phi) is 6.36. The quantitative estimate of drug-likeness (QED) is 0.200. The largest absolute Gasteiger partial charge is 0.467 e. The molecular weight excluding hydrogens is 422 g/mol. The summed E-state index contributed by atoms with van der Waals surface area (Å²) in [5.74, 6) is -3.35. The first-order valence-electron chi connectivity index (χ1n) is 9.85. The summed E-state index contributed by atoms with van der Waals surface area (Å²) in [6.45, 7) is 2.69. The van der Waals surface area contributed by atoms with Gasteiger partial charge in [-0.25, -0.2) is 0 Å². The van der Waals surface area contributed by atoms with Crippen molar-refractivity contribution in [2.24, 2.45) is 0 Å². The van der Waals surface area contributed by atoms with Crippen LogP contribution in [0.1, 0.15) is 24.2 Å². The molecule has 2 aliphatic heterocycles. The van der Waals surface area contributed by atoms with E-state index >= 15 is 0 Å². The van der Waals surface area contributed by atoms with Gasteiger partial charge in [-0.15, -0.1) is 0 Å². The normalized spacial score (nSPS) is 30.5. The number of methoxy groups -OCH3 is 1. The van der Waals surface area contributed by atoms with E-state index in [-0.39, 0.29) is 11.1 Å². The van der Waals surface area contributed by atoms with Gasteiger partial charge in [-0.1, -0.05) is 42.5 Å². The van der Waals surface area contributed by atoms with Crippen molar-refractivity contribution in [3.63, 3.8) is 0 Å². The van der Waals surface area contributed by atoms with Gasteiger partial charge in [-0.3, -0.25) is 14.4 Å². The maximum atomic E-state index is 13.2. The molecule has 0 aliphatic carbocycles. The molecule has 1 amide bonds. The number of carbonyl (C=O) groups is 3. The summed E-state index contributed by atoms with van der Waals surface area (Å²) in [4.78, 5) is 39.2. The topological polar surface area (TPSA) is 163 Å². The molecular formula is C22H25NO9. The standard InChI is InChI=1S/C22H25NO9/c1-11(24)9-10-14(25)15(26)16-12(2)17(27)21(32-16)19(29)22(31-3,23-20(21)30)18(28)13-7-5-4-6-8-13/h4-11,14-15,19,24-26,29H,1-3H3,(H,23,30)/t11-,14-,15-,19-,21+,22+/m0/s1. The van der Waals surface area contributed by atoms with Crippen LogP contribution in [-0.2, 0) is 19.1 Å². The zero-order chi connectivity index (χ0) is 23.8. The number of carbonyl (C=O) groups excluding carboxylic acids is 3. The Balaban J connectivity index is 1.98. The fraction of sp³-hybridized carbons (Fsp3) is 0.409. The minimum absolute atomic E-state index is 0.111. The van der Waals surface area contributed by atoms with Crippen LogP contribution in [0.3, 0.4) is 0 Å². The van der Waals surface area contributed by atoms with Gasteiger partial charge in [0.1, 0.15) is 18.0 Å². The van der Waals surface area contributed by atoms with Gasteiger partial charge in [-0.05, 0) is 13.8 Å². The Morgan fingerprint density at radius 2 is 1.81 bits per heavy atom. The van der Waals surface area contributed by atoms with Crippen molar-refractivity contribution < 1.29 is 44.3 Å². The monoisotopic (exact) mass is 447 g/mol. The highest BCUT2D eigenvalue weighted by Crippen LogP contribution is 2.44. The van der Waals surface area contributed by atoms with Gasteiger partial charge in [-0.2, -0.15) is 0 Å². The summed E-state index contributed by atoms with van der Waals surface area (Å²) in [5, 5.41) is 43.3. The fourth-order valence-corrected chi connectivity index (χ4v) is 3.81. The lowest BCUT2D eigenvalue weighted by atomic mass is 9.85. The molecule has 0 aromatic heterocycles. The van der Waals surface area contributed by atoms with Crippen LogP contribution < -0.4 is 5.32 Å². The van der Waals surface area contributed by atoms with E-state index in [9.17, 15) is 34.8 Å². The average molecular weight is 447 g/mol. The van der Waals surface area contributed by atoms with Crippen molar-refractivity contribution in [2.75, 3.05) is 7.11 Å². The first kappa shape index (κ1) is 23.8. The molecule has 1 aromatic carbocycles. The van der Waals surface area contributed by atoms with Crippen LogP contribution in [0.15, 0.2) is 53.8 Å². The molecule has 0 unspecified atom stereocenters. The summed E-state index contributed by atoms with van der Waals surface area (Å²) in [7, 11) is 1.09. The van der Waals surface area contributed by atoms with Crippen LogP contribution in [0.4, 0.5) is 0 Å². The van der Waals surface area contributed by atoms with Gasteiger partial charge in [0.2, 0.25) is 17.3 Å². The SMILES string of the molecule is CO[C@@]1(C(=O)c2ccccc2)NC(=O)[C@]2(OC([C@@H](O)[C@@H](O)C=C[C@H](C)O)=C(C)C2=O)[C@@H]1O. The van der Waals surface area contributed by atoms with E-state index in [1.807, 2.05) is 0 Å². The van der Waals surface area contributed by atoms with Gasteiger partial charge in [0.15, 0.2) is 6.10 Å². The van der Waals surface area contributed by atoms with E-state index in [4.69, 9.17) is 9.47 Å². The molecule has 10 nitrogen and oxygen atoms in total. The maximum absolute atomic E-state index is 13.2. The number of benzene rings is 1. The second-order valence-corrected chi connectivity index (χ2v) is 7.71. The number of rotatable bonds is 7. The molecule has 2 heterocycles. The third kappa shape index (κ3) is 3.46. The molecule has 3 rings (SSSR count). The molecule has 10 heteroatoms. The summed E-state index contributed by atoms with van der Waals surface area (Å²) < 4.78 is 10.8. The van der Waals surface area contributed by atoms with Crippen molar-refractivity contribution in [3.05, 3.63) is 59.4 Å². The zero-order valence-corrected chi connectivity index (χ0v) is 17.7. The summed E-state index contributed by atoms with van der Waals surface area (Å²) in [6, 6.07) is 7.73. The number of hydrogen-bond donors (Lipinski definition) is 5. The van der Waals surface area contributed by atoms with Gasteiger partial charge >= 0.3 is 0 Å². The van der Waals surface area contributed by atoms with E-state index in [2.05, 4.69) is 5.32 Å². The van der Waals surface area contributed by atoms with Crippen LogP contribution in [-0.4, -0.2) is 80.8 Å². The van der Waals surface area contributed by atoms with Crippen LogP contribution >= 0.6 is 0 Å². The predicted octanol–water partition coefficient (Wildman–Crippen LogP) is -1.03. The van der Waals surface area contributed by atoms with Gasteiger partial charge in [0, 0.05) is 18.2 Å². The van der Waals surface area contributed by atoms with Crippen molar-refractivity contribution in [3.8, 4) is 0 Å². The molecule has 0 radical (unpaired) electrons. The Labute approximate surface area is 183 Å². The van der Waals surface area contributed by atoms with Gasteiger partial charge in [0.25, 0.3) is 11.5 Å². The molecule has 1 saturated heterocycles. The first-order valence-corrected chi connectivity index (χ1v) is 9.85. The minimum atomic E-state index is -2.59. The average Bonchev–Trinajstić information content (AvgIpc) is 3.18. The third-order valence-corrected chi connectivity index (χ3v) is 5.60. The van der Waals surface area contributed by atoms with Gasteiger partial charge < -0.3 is 35.2 Å². The van der Waals surface area contributed by atoms with Crippen molar-refractivity contribution in [1.82, 2.24) is 5.32 Å². The maximum Gasteiger partial charge on any atom is 0.278 e. The number of aliphatic hydroxyl groups is 4. The van der Waals surface area contributed by atoms with Crippen LogP contribution in [0.2, 0.25) is 0 Å². The van der Waals surface area contributed by atoms with Crippen LogP contribution in [0, 0.1) is 0 Å². The minimum Gasteiger partial charge on any atom is -0.467 e. The molecule has 32 heavy (non-hydrogen) atoms. The van der Waals surface area contributed by atoms with E-state index in [1.54, 1.807) is 18.2 Å². The summed E-state index contributed by atoms with van der Waals surface area (Å²) in [6.07, 6.45) is -4.08. The lowest BCUT2D eigenvalue weighted by molar-refractivity contribution is -0.163. The molecule has 0 saturated carbocycles. The van der Waals surface area contributed by atoms with Crippen molar-refractivity contribution in [2.45, 2.75) is 49.6 Å².